The van der Waals surface area contributed by atoms with E-state index in [2.05, 4.69) is 34.7 Å². The number of oxime groups is 1. The van der Waals surface area contributed by atoms with Gasteiger partial charge in [0.15, 0.2) is 16.7 Å². The molecule has 3 rings (SSSR count). The summed E-state index contributed by atoms with van der Waals surface area (Å²) in [5.41, 5.74) is -0.244. The number of aryl methyl sites for hydroxylation is 1. The minimum absolute atomic E-state index is 0.0188. The summed E-state index contributed by atoms with van der Waals surface area (Å²) in [6, 6.07) is -0.864. The number of rotatable bonds is 9. The van der Waals surface area contributed by atoms with Crippen LogP contribution in [-0.4, -0.2) is 77.7 Å². The molecule has 35 heavy (non-hydrogen) atoms. The third-order valence-corrected chi connectivity index (χ3v) is 6.70. The monoisotopic (exact) mass is 564 g/mol. The zero-order valence-corrected chi connectivity index (χ0v) is 21.1. The minimum Gasteiger partial charge on any atom is -0.398 e. The molecule has 0 aliphatic carbocycles. The summed E-state index contributed by atoms with van der Waals surface area (Å²) >= 11 is 7.49. The summed E-state index contributed by atoms with van der Waals surface area (Å²) < 4.78 is 31.8. The fourth-order valence-electron chi connectivity index (χ4n) is 2.58. The van der Waals surface area contributed by atoms with E-state index in [1.54, 1.807) is 11.6 Å². The van der Waals surface area contributed by atoms with Crippen LogP contribution in [0.4, 0.5) is 15.7 Å². The fraction of sp³-hybridized carbons (Fsp3) is 0.312. The molecule has 19 heteroatoms. The molecular formula is C16H17ClN8O7S3. The lowest BCUT2D eigenvalue weighted by Crippen LogP contribution is -2.68. The summed E-state index contributed by atoms with van der Waals surface area (Å²) in [5, 5.41) is 9.96. The Hall–Kier alpha value is -3.35. The molecule has 0 spiro atoms. The van der Waals surface area contributed by atoms with E-state index in [1.165, 1.54) is 18.6 Å². The van der Waals surface area contributed by atoms with E-state index < -0.39 is 40.0 Å². The third-order valence-electron chi connectivity index (χ3n) is 4.08. The Morgan fingerprint density at radius 3 is 2.71 bits per heavy atom. The molecule has 3 heterocycles. The Morgan fingerprint density at radius 1 is 1.37 bits per heavy atom. The van der Waals surface area contributed by atoms with E-state index in [1.807, 2.05) is 0 Å². The van der Waals surface area contributed by atoms with Crippen molar-refractivity contribution in [3.8, 4) is 0 Å². The second kappa shape index (κ2) is 10.9. The molecular weight excluding hydrogens is 548 g/mol. The maximum absolute atomic E-state index is 12.6. The molecule has 0 aromatic carbocycles. The number of carbonyl (C=O) groups is 4. The summed E-state index contributed by atoms with van der Waals surface area (Å²) in [5.74, 6) is -2.46. The summed E-state index contributed by atoms with van der Waals surface area (Å²) in [4.78, 5) is 58.6. The Morgan fingerprint density at radius 2 is 2.11 bits per heavy atom. The molecule has 0 saturated carbocycles. The number of carbonyl (C=O) groups excluding carboxylic acids is 4. The van der Waals surface area contributed by atoms with Gasteiger partial charge in [-0.2, -0.15) is 12.8 Å². The van der Waals surface area contributed by atoms with E-state index >= 15 is 0 Å². The van der Waals surface area contributed by atoms with E-state index in [-0.39, 0.29) is 34.8 Å². The van der Waals surface area contributed by atoms with Gasteiger partial charge in [0.2, 0.25) is 5.91 Å². The van der Waals surface area contributed by atoms with E-state index in [4.69, 9.17) is 11.6 Å². The van der Waals surface area contributed by atoms with Gasteiger partial charge < -0.3 is 15.5 Å². The second-order valence-electron chi connectivity index (χ2n) is 6.65. The molecule has 0 bridgehead atoms. The first-order valence-corrected chi connectivity index (χ1v) is 13.0. The quantitative estimate of drug-likeness (QED) is 0.138. The lowest BCUT2D eigenvalue weighted by molar-refractivity contribution is -0.141. The smallest absolute Gasteiger partial charge is 0.339 e. The van der Waals surface area contributed by atoms with Crippen LogP contribution in [0.2, 0.25) is 0 Å². The SMILES string of the molecule is CO/N=C(/C(=O)N[C@H]1CN(C(=O)NS(=O)(=O)Nc2cc(C)sn2)C1=O)c1csc(NC(=O)CCl)n1. The van der Waals surface area contributed by atoms with E-state index in [9.17, 15) is 27.6 Å². The van der Waals surface area contributed by atoms with Crippen molar-refractivity contribution in [2.24, 2.45) is 5.16 Å². The van der Waals surface area contributed by atoms with Crippen LogP contribution in [0.25, 0.3) is 0 Å². The standard InChI is InChI=1S/C16H17ClN8O7S3/c1-7-3-10(22-34-7)23-35(30,31)24-16(29)25-5-8(14(25)28)18-13(27)12(21-32-2)9-6-33-15(19-9)20-11(26)4-17/h3,6,8H,4-5H2,1-2H3,(H,18,27)(H,22,23)(H,24,29)(H,19,20,26)/b21-12+/t8-/m0/s1. The maximum atomic E-state index is 12.6. The van der Waals surface area contributed by atoms with Crippen LogP contribution in [0.3, 0.4) is 0 Å². The Balaban J connectivity index is 1.58. The number of hydrogen-bond donors (Lipinski definition) is 4. The van der Waals surface area contributed by atoms with Gasteiger partial charge in [0.05, 0.1) is 6.54 Å². The Bertz CT molecular complexity index is 1290. The number of amides is 5. The van der Waals surface area contributed by atoms with E-state index in [0.717, 1.165) is 27.7 Å². The highest BCUT2D eigenvalue weighted by atomic mass is 35.5. The van der Waals surface area contributed by atoms with Crippen LogP contribution in [0.5, 0.6) is 0 Å². The number of alkyl halides is 1. The summed E-state index contributed by atoms with van der Waals surface area (Å²) in [7, 11) is -3.15. The molecule has 188 valence electrons. The molecule has 15 nitrogen and oxygen atoms in total. The van der Waals surface area contributed by atoms with Crippen LogP contribution in [-0.2, 0) is 29.4 Å². The van der Waals surface area contributed by atoms with Gasteiger partial charge in [-0.3, -0.25) is 19.3 Å². The highest BCUT2D eigenvalue weighted by Crippen LogP contribution is 2.18. The normalized spacial score (nSPS) is 15.7. The number of halogens is 1. The number of nitrogens with zero attached hydrogens (tertiary/aromatic N) is 4. The van der Waals surface area contributed by atoms with Gasteiger partial charge in [-0.25, -0.2) is 19.2 Å². The van der Waals surface area contributed by atoms with Gasteiger partial charge in [-0.05, 0) is 24.5 Å². The average molecular weight is 565 g/mol. The zero-order chi connectivity index (χ0) is 25.8. The number of nitrogens with one attached hydrogen (secondary N) is 4. The number of anilines is 2. The molecule has 1 fully saturated rings. The number of β-lactam (4-membered cyclic amide) rings is 1. The average Bonchev–Trinajstić information content (AvgIpc) is 3.41. The highest BCUT2D eigenvalue weighted by molar-refractivity contribution is 7.91. The summed E-state index contributed by atoms with van der Waals surface area (Å²) in [6.45, 7) is 1.42. The number of likely N-dealkylation sites (tertiary alicyclic amines) is 1. The maximum Gasteiger partial charge on any atom is 0.339 e. The first-order valence-electron chi connectivity index (χ1n) is 9.36. The summed E-state index contributed by atoms with van der Waals surface area (Å²) in [6.07, 6.45) is 0. The molecule has 1 atom stereocenters. The van der Waals surface area contributed by atoms with Gasteiger partial charge in [0.1, 0.15) is 24.7 Å². The predicted octanol–water partition coefficient (Wildman–Crippen LogP) is -0.171. The fourth-order valence-corrected chi connectivity index (χ4v) is 4.69. The molecule has 4 N–H and O–H groups in total. The topological polar surface area (TPSA) is 201 Å². The number of imide groups is 1. The zero-order valence-electron chi connectivity index (χ0n) is 17.9. The molecule has 5 amide bonds. The van der Waals surface area contributed by atoms with Crippen molar-refractivity contribution < 1.29 is 32.4 Å². The number of urea groups is 1. The largest absolute Gasteiger partial charge is 0.398 e. The first-order chi connectivity index (χ1) is 16.5. The highest BCUT2D eigenvalue weighted by Gasteiger charge is 2.43. The van der Waals surface area contributed by atoms with Crippen molar-refractivity contribution in [1.29, 1.82) is 0 Å². The number of hydrogen-bond acceptors (Lipinski definition) is 12. The molecule has 2 aromatic rings. The van der Waals surface area contributed by atoms with Gasteiger partial charge in [-0.1, -0.05) is 5.16 Å². The molecule has 0 unspecified atom stereocenters. The van der Waals surface area contributed by atoms with Crippen LogP contribution >= 0.6 is 34.5 Å². The van der Waals surface area contributed by atoms with Crippen molar-refractivity contribution in [2.45, 2.75) is 13.0 Å². The van der Waals surface area contributed by atoms with Gasteiger partial charge in [0, 0.05) is 10.3 Å². The number of thiazole rings is 1. The second-order valence-corrected chi connectivity index (χ2v) is 10.2. The van der Waals surface area contributed by atoms with Crippen molar-refractivity contribution in [2.75, 3.05) is 29.6 Å². The molecule has 1 saturated heterocycles. The van der Waals surface area contributed by atoms with Gasteiger partial charge >= 0.3 is 16.2 Å². The Labute approximate surface area is 211 Å². The molecule has 0 radical (unpaired) electrons. The number of aromatic nitrogens is 2. The first kappa shape index (κ1) is 26.3. The van der Waals surface area contributed by atoms with Crippen molar-refractivity contribution in [1.82, 2.24) is 24.3 Å². The van der Waals surface area contributed by atoms with Crippen molar-refractivity contribution in [3.05, 3.63) is 22.0 Å². The molecule has 1 aliphatic heterocycles. The van der Waals surface area contributed by atoms with Crippen LogP contribution in [0.1, 0.15) is 10.6 Å². The van der Waals surface area contributed by atoms with Crippen molar-refractivity contribution >= 4 is 85.1 Å². The van der Waals surface area contributed by atoms with E-state index in [0.29, 0.717) is 4.90 Å². The van der Waals surface area contributed by atoms with Gasteiger partial charge in [0.25, 0.3) is 11.8 Å². The predicted molar refractivity (Wildman–Crippen MR) is 127 cm³/mol. The minimum atomic E-state index is -4.34. The lowest BCUT2D eigenvalue weighted by atomic mass is 10.1. The van der Waals surface area contributed by atoms with Crippen LogP contribution in [0.15, 0.2) is 16.6 Å². The van der Waals surface area contributed by atoms with Crippen LogP contribution in [0, 0.1) is 6.92 Å². The third kappa shape index (κ3) is 6.62. The van der Waals surface area contributed by atoms with Gasteiger partial charge in [-0.15, -0.1) is 22.9 Å². The lowest BCUT2D eigenvalue weighted by Gasteiger charge is -2.36. The molecule has 1 aliphatic rings. The molecule has 2 aromatic heterocycles. The Kier molecular flexibility index (Phi) is 8.20. The van der Waals surface area contributed by atoms with Crippen molar-refractivity contribution in [3.63, 3.8) is 0 Å². The van der Waals surface area contributed by atoms with Crippen LogP contribution < -0.4 is 20.1 Å².